The summed E-state index contributed by atoms with van der Waals surface area (Å²) >= 11 is 0. The molecule has 0 fully saturated rings. The summed E-state index contributed by atoms with van der Waals surface area (Å²) in [6, 6.07) is 10.4. The molecule has 3 aromatic rings. The first kappa shape index (κ1) is 15.4. The molecule has 0 aliphatic rings. The third-order valence-corrected chi connectivity index (χ3v) is 3.95. The van der Waals surface area contributed by atoms with Gasteiger partial charge in [-0.2, -0.15) is 0 Å². The molecular weight excluding hydrogens is 290 g/mol. The van der Waals surface area contributed by atoms with E-state index >= 15 is 0 Å². The number of imidazole rings is 1. The normalized spacial score (nSPS) is 12.7. The quantitative estimate of drug-likeness (QED) is 0.700. The standard InChI is InChI=1S/C17H21N5O/c1-13(17-20-19-14(2)23-17)21(3)12-16-18-9-10-22(16)11-15-7-5-4-6-8-15/h4-10,13H,11-12H2,1-3H3/t13-/m1/s1. The van der Waals surface area contributed by atoms with E-state index in [0.29, 0.717) is 18.3 Å². The maximum absolute atomic E-state index is 5.52. The smallest absolute Gasteiger partial charge is 0.233 e. The lowest BCUT2D eigenvalue weighted by molar-refractivity contribution is 0.208. The molecule has 1 atom stereocenters. The lowest BCUT2D eigenvalue weighted by atomic mass is 10.2. The van der Waals surface area contributed by atoms with Crippen molar-refractivity contribution in [2.75, 3.05) is 7.05 Å². The minimum absolute atomic E-state index is 0.0399. The fourth-order valence-corrected chi connectivity index (χ4v) is 2.44. The van der Waals surface area contributed by atoms with Crippen LogP contribution in [0.4, 0.5) is 0 Å². The zero-order valence-corrected chi connectivity index (χ0v) is 13.7. The Morgan fingerprint density at radius 1 is 1.22 bits per heavy atom. The summed E-state index contributed by atoms with van der Waals surface area (Å²) in [5.74, 6) is 2.23. The van der Waals surface area contributed by atoms with Crippen LogP contribution in [0.2, 0.25) is 0 Å². The van der Waals surface area contributed by atoms with Gasteiger partial charge in [-0.05, 0) is 19.5 Å². The van der Waals surface area contributed by atoms with Gasteiger partial charge in [-0.25, -0.2) is 4.98 Å². The van der Waals surface area contributed by atoms with Crippen molar-refractivity contribution in [1.82, 2.24) is 24.6 Å². The monoisotopic (exact) mass is 311 g/mol. The summed E-state index contributed by atoms with van der Waals surface area (Å²) in [4.78, 5) is 6.64. The number of rotatable bonds is 6. The molecule has 0 aliphatic heterocycles. The second kappa shape index (κ2) is 6.75. The number of nitrogens with zero attached hydrogens (tertiary/aromatic N) is 5. The molecule has 0 aliphatic carbocycles. The molecule has 0 N–H and O–H groups in total. The average Bonchev–Trinajstić information content (AvgIpc) is 3.17. The number of hydrogen-bond donors (Lipinski definition) is 0. The second-order valence-electron chi connectivity index (χ2n) is 5.71. The van der Waals surface area contributed by atoms with Crippen molar-refractivity contribution in [2.45, 2.75) is 33.0 Å². The van der Waals surface area contributed by atoms with Crippen LogP contribution in [0.3, 0.4) is 0 Å². The maximum atomic E-state index is 5.52. The van der Waals surface area contributed by atoms with Gasteiger partial charge in [0.15, 0.2) is 0 Å². The van der Waals surface area contributed by atoms with E-state index in [1.165, 1.54) is 5.56 Å². The Hall–Kier alpha value is -2.47. The van der Waals surface area contributed by atoms with E-state index in [0.717, 1.165) is 12.4 Å². The van der Waals surface area contributed by atoms with Crippen LogP contribution >= 0.6 is 0 Å². The van der Waals surface area contributed by atoms with Gasteiger partial charge in [-0.15, -0.1) is 10.2 Å². The van der Waals surface area contributed by atoms with Gasteiger partial charge in [0, 0.05) is 25.9 Å². The van der Waals surface area contributed by atoms with E-state index in [2.05, 4.69) is 55.8 Å². The van der Waals surface area contributed by atoms with Crippen LogP contribution in [-0.2, 0) is 13.1 Å². The van der Waals surface area contributed by atoms with Crippen molar-refractivity contribution in [3.63, 3.8) is 0 Å². The largest absolute Gasteiger partial charge is 0.424 e. The molecule has 0 saturated carbocycles. The van der Waals surface area contributed by atoms with Gasteiger partial charge in [0.1, 0.15) is 5.82 Å². The molecule has 0 saturated heterocycles. The fourth-order valence-electron chi connectivity index (χ4n) is 2.44. The molecule has 2 aromatic heterocycles. The Balaban J connectivity index is 1.69. The van der Waals surface area contributed by atoms with E-state index in [-0.39, 0.29) is 6.04 Å². The van der Waals surface area contributed by atoms with Gasteiger partial charge in [0.25, 0.3) is 0 Å². The van der Waals surface area contributed by atoms with Crippen molar-refractivity contribution in [3.05, 3.63) is 65.9 Å². The second-order valence-corrected chi connectivity index (χ2v) is 5.71. The summed E-state index contributed by atoms with van der Waals surface area (Å²) in [5.41, 5.74) is 1.26. The van der Waals surface area contributed by atoms with Crippen LogP contribution in [0.1, 0.15) is 36.1 Å². The zero-order valence-electron chi connectivity index (χ0n) is 13.7. The van der Waals surface area contributed by atoms with Gasteiger partial charge >= 0.3 is 0 Å². The van der Waals surface area contributed by atoms with Crippen LogP contribution in [0.15, 0.2) is 47.1 Å². The van der Waals surface area contributed by atoms with Crippen LogP contribution in [-0.4, -0.2) is 31.7 Å². The van der Waals surface area contributed by atoms with Crippen molar-refractivity contribution in [2.24, 2.45) is 0 Å². The predicted molar refractivity (Wildman–Crippen MR) is 86.7 cm³/mol. The molecule has 0 amide bonds. The molecule has 0 bridgehead atoms. The Labute approximate surface area is 135 Å². The lowest BCUT2D eigenvalue weighted by Crippen LogP contribution is -2.24. The number of aromatic nitrogens is 4. The van der Waals surface area contributed by atoms with Gasteiger partial charge in [-0.1, -0.05) is 30.3 Å². The molecule has 0 spiro atoms. The Morgan fingerprint density at radius 3 is 2.70 bits per heavy atom. The number of hydrogen-bond acceptors (Lipinski definition) is 5. The van der Waals surface area contributed by atoms with Crippen LogP contribution < -0.4 is 0 Å². The summed E-state index contributed by atoms with van der Waals surface area (Å²) in [6.07, 6.45) is 3.85. The summed E-state index contributed by atoms with van der Waals surface area (Å²) in [5, 5.41) is 8.00. The van der Waals surface area contributed by atoms with E-state index in [4.69, 9.17) is 4.42 Å². The third kappa shape index (κ3) is 3.65. The molecule has 3 rings (SSSR count). The lowest BCUT2D eigenvalue weighted by Gasteiger charge is -2.21. The number of aryl methyl sites for hydroxylation is 1. The van der Waals surface area contributed by atoms with Crippen molar-refractivity contribution < 1.29 is 4.42 Å². The SMILES string of the molecule is Cc1nnc([C@@H](C)N(C)Cc2nccn2Cc2ccccc2)o1. The van der Waals surface area contributed by atoms with Gasteiger partial charge in [0.2, 0.25) is 11.8 Å². The van der Waals surface area contributed by atoms with E-state index in [9.17, 15) is 0 Å². The molecule has 120 valence electrons. The first-order valence-corrected chi connectivity index (χ1v) is 7.67. The highest BCUT2D eigenvalue weighted by molar-refractivity contribution is 5.15. The molecule has 0 radical (unpaired) electrons. The molecule has 6 heteroatoms. The van der Waals surface area contributed by atoms with E-state index < -0.39 is 0 Å². The van der Waals surface area contributed by atoms with E-state index in [1.54, 1.807) is 6.92 Å². The molecule has 0 unspecified atom stereocenters. The van der Waals surface area contributed by atoms with Crippen molar-refractivity contribution in [3.8, 4) is 0 Å². The van der Waals surface area contributed by atoms with Crippen LogP contribution in [0.5, 0.6) is 0 Å². The Morgan fingerprint density at radius 2 is 2.00 bits per heavy atom. The van der Waals surface area contributed by atoms with Crippen LogP contribution in [0.25, 0.3) is 0 Å². The van der Waals surface area contributed by atoms with Gasteiger partial charge in [-0.3, -0.25) is 4.90 Å². The van der Waals surface area contributed by atoms with E-state index in [1.807, 2.05) is 25.5 Å². The first-order chi connectivity index (χ1) is 11.1. The molecule has 1 aromatic carbocycles. The molecule has 2 heterocycles. The highest BCUT2D eigenvalue weighted by atomic mass is 16.4. The zero-order chi connectivity index (χ0) is 16.2. The first-order valence-electron chi connectivity index (χ1n) is 7.67. The van der Waals surface area contributed by atoms with Crippen molar-refractivity contribution in [1.29, 1.82) is 0 Å². The summed E-state index contributed by atoms with van der Waals surface area (Å²) in [6.45, 7) is 5.38. The average molecular weight is 311 g/mol. The minimum atomic E-state index is 0.0399. The Bertz CT molecular complexity index is 749. The minimum Gasteiger partial charge on any atom is -0.424 e. The molecular formula is C17H21N5O. The summed E-state index contributed by atoms with van der Waals surface area (Å²) in [7, 11) is 2.03. The summed E-state index contributed by atoms with van der Waals surface area (Å²) < 4.78 is 7.68. The highest BCUT2D eigenvalue weighted by Crippen LogP contribution is 2.19. The molecule has 23 heavy (non-hydrogen) atoms. The fraction of sp³-hybridized carbons (Fsp3) is 0.353. The van der Waals surface area contributed by atoms with Gasteiger partial charge < -0.3 is 8.98 Å². The van der Waals surface area contributed by atoms with Crippen molar-refractivity contribution >= 4 is 0 Å². The molecule has 6 nitrogen and oxygen atoms in total. The maximum Gasteiger partial charge on any atom is 0.233 e. The topological polar surface area (TPSA) is 60.0 Å². The third-order valence-electron chi connectivity index (χ3n) is 3.95. The van der Waals surface area contributed by atoms with Gasteiger partial charge in [0.05, 0.1) is 12.6 Å². The number of benzene rings is 1. The predicted octanol–water partition coefficient (Wildman–Crippen LogP) is 2.82. The Kier molecular flexibility index (Phi) is 4.52. The van der Waals surface area contributed by atoms with Crippen LogP contribution in [0, 0.1) is 6.92 Å². The highest BCUT2D eigenvalue weighted by Gasteiger charge is 2.19.